The first-order valence-electron chi connectivity index (χ1n) is 5.34. The Morgan fingerprint density at radius 3 is 2.40 bits per heavy atom. The van der Waals surface area contributed by atoms with Gasteiger partial charge in [-0.3, -0.25) is 0 Å². The minimum absolute atomic E-state index is 0.133. The molecule has 1 aromatic carbocycles. The van der Waals surface area contributed by atoms with Crippen molar-refractivity contribution in [1.29, 1.82) is 0 Å². The van der Waals surface area contributed by atoms with E-state index in [1.807, 2.05) is 0 Å². The SMILES string of the molecule is CCCCNC(C)c1c(F)cccc1F. The van der Waals surface area contributed by atoms with Gasteiger partial charge in [0.2, 0.25) is 0 Å². The lowest BCUT2D eigenvalue weighted by Crippen LogP contribution is -2.21. The zero-order valence-corrected chi connectivity index (χ0v) is 9.19. The lowest BCUT2D eigenvalue weighted by Gasteiger charge is -2.15. The molecule has 1 N–H and O–H groups in total. The highest BCUT2D eigenvalue weighted by Crippen LogP contribution is 2.19. The van der Waals surface area contributed by atoms with E-state index in [0.29, 0.717) is 0 Å². The Morgan fingerprint density at radius 1 is 1.27 bits per heavy atom. The van der Waals surface area contributed by atoms with Gasteiger partial charge in [0.1, 0.15) is 11.6 Å². The van der Waals surface area contributed by atoms with Gasteiger partial charge in [-0.25, -0.2) is 8.78 Å². The Bertz CT molecular complexity index is 292. The molecule has 1 rings (SSSR count). The van der Waals surface area contributed by atoms with Crippen molar-refractivity contribution < 1.29 is 8.78 Å². The van der Waals surface area contributed by atoms with Gasteiger partial charge in [-0.2, -0.15) is 0 Å². The van der Waals surface area contributed by atoms with Crippen LogP contribution in [0.25, 0.3) is 0 Å². The number of nitrogens with one attached hydrogen (secondary N) is 1. The summed E-state index contributed by atoms with van der Waals surface area (Å²) in [6.45, 7) is 4.64. The minimum atomic E-state index is -0.480. The molecule has 0 aliphatic heterocycles. The molecular formula is C12H17F2N. The summed E-state index contributed by atoms with van der Waals surface area (Å²) in [5.41, 5.74) is 0.133. The molecule has 0 radical (unpaired) electrons. The van der Waals surface area contributed by atoms with Crippen molar-refractivity contribution in [2.75, 3.05) is 6.54 Å². The maximum absolute atomic E-state index is 13.3. The normalized spacial score (nSPS) is 12.8. The van der Waals surface area contributed by atoms with E-state index in [1.54, 1.807) is 6.92 Å². The third-order valence-electron chi connectivity index (χ3n) is 2.41. The molecule has 0 fully saturated rings. The zero-order valence-electron chi connectivity index (χ0n) is 9.19. The van der Waals surface area contributed by atoms with Gasteiger partial charge in [0, 0.05) is 11.6 Å². The van der Waals surface area contributed by atoms with Crippen LogP contribution in [0.2, 0.25) is 0 Å². The van der Waals surface area contributed by atoms with Crippen molar-refractivity contribution in [2.24, 2.45) is 0 Å². The fraction of sp³-hybridized carbons (Fsp3) is 0.500. The molecule has 0 spiro atoms. The summed E-state index contributed by atoms with van der Waals surface area (Å²) in [6.07, 6.45) is 2.08. The van der Waals surface area contributed by atoms with E-state index in [9.17, 15) is 8.78 Å². The van der Waals surface area contributed by atoms with Crippen LogP contribution in [0, 0.1) is 11.6 Å². The highest BCUT2D eigenvalue weighted by molar-refractivity contribution is 5.22. The third kappa shape index (κ3) is 3.27. The lowest BCUT2D eigenvalue weighted by molar-refractivity contribution is 0.483. The largest absolute Gasteiger partial charge is 0.310 e. The monoisotopic (exact) mass is 213 g/mol. The van der Waals surface area contributed by atoms with Crippen LogP contribution in [0.4, 0.5) is 8.78 Å². The molecule has 15 heavy (non-hydrogen) atoms. The molecule has 0 bridgehead atoms. The average Bonchev–Trinajstić information content (AvgIpc) is 2.18. The van der Waals surface area contributed by atoms with Crippen LogP contribution in [-0.2, 0) is 0 Å². The van der Waals surface area contributed by atoms with Gasteiger partial charge in [0.05, 0.1) is 0 Å². The highest BCUT2D eigenvalue weighted by Gasteiger charge is 2.14. The molecule has 84 valence electrons. The molecule has 0 amide bonds. The van der Waals surface area contributed by atoms with E-state index in [-0.39, 0.29) is 11.6 Å². The fourth-order valence-electron chi connectivity index (χ4n) is 1.52. The molecule has 1 nitrogen and oxygen atoms in total. The number of hydrogen-bond acceptors (Lipinski definition) is 1. The van der Waals surface area contributed by atoms with E-state index in [0.717, 1.165) is 19.4 Å². The second-order valence-electron chi connectivity index (χ2n) is 3.66. The number of benzene rings is 1. The van der Waals surface area contributed by atoms with Crippen molar-refractivity contribution in [1.82, 2.24) is 5.32 Å². The topological polar surface area (TPSA) is 12.0 Å². The lowest BCUT2D eigenvalue weighted by atomic mass is 10.1. The quantitative estimate of drug-likeness (QED) is 0.739. The summed E-state index contributed by atoms with van der Waals surface area (Å²) >= 11 is 0. The predicted octanol–water partition coefficient (Wildman–Crippen LogP) is 3.42. The van der Waals surface area contributed by atoms with E-state index in [1.165, 1.54) is 18.2 Å². The van der Waals surface area contributed by atoms with Gasteiger partial charge in [-0.15, -0.1) is 0 Å². The predicted molar refractivity (Wildman–Crippen MR) is 57.7 cm³/mol. The molecule has 1 atom stereocenters. The van der Waals surface area contributed by atoms with E-state index in [4.69, 9.17) is 0 Å². The Morgan fingerprint density at radius 2 is 1.87 bits per heavy atom. The average molecular weight is 213 g/mol. The Labute approximate surface area is 89.5 Å². The van der Waals surface area contributed by atoms with Crippen LogP contribution in [0.3, 0.4) is 0 Å². The Kier molecular flexibility index (Phi) is 4.69. The molecule has 0 aliphatic rings. The molecule has 1 aromatic rings. The van der Waals surface area contributed by atoms with Crippen LogP contribution in [0.5, 0.6) is 0 Å². The van der Waals surface area contributed by atoms with Gasteiger partial charge >= 0.3 is 0 Å². The molecule has 0 aromatic heterocycles. The minimum Gasteiger partial charge on any atom is -0.310 e. The number of halogens is 2. The summed E-state index contributed by atoms with van der Waals surface area (Å²) in [4.78, 5) is 0. The Hall–Kier alpha value is -0.960. The second kappa shape index (κ2) is 5.81. The third-order valence-corrected chi connectivity index (χ3v) is 2.41. The molecule has 3 heteroatoms. The fourth-order valence-corrected chi connectivity index (χ4v) is 1.52. The summed E-state index contributed by atoms with van der Waals surface area (Å²) in [5, 5.41) is 3.10. The molecule has 0 aliphatic carbocycles. The summed E-state index contributed by atoms with van der Waals surface area (Å²) in [6, 6.07) is 3.68. The maximum Gasteiger partial charge on any atom is 0.130 e. The zero-order chi connectivity index (χ0) is 11.3. The van der Waals surface area contributed by atoms with Crippen molar-refractivity contribution in [3.8, 4) is 0 Å². The first-order chi connectivity index (χ1) is 7.16. The van der Waals surface area contributed by atoms with Gasteiger partial charge in [-0.1, -0.05) is 19.4 Å². The number of unbranched alkanes of at least 4 members (excludes halogenated alkanes) is 1. The smallest absolute Gasteiger partial charge is 0.130 e. The summed E-state index contributed by atoms with van der Waals surface area (Å²) in [7, 11) is 0. The van der Waals surface area contributed by atoms with Crippen molar-refractivity contribution in [3.05, 3.63) is 35.4 Å². The summed E-state index contributed by atoms with van der Waals surface area (Å²) in [5.74, 6) is -0.960. The van der Waals surface area contributed by atoms with E-state index < -0.39 is 11.6 Å². The van der Waals surface area contributed by atoms with Gasteiger partial charge in [0.25, 0.3) is 0 Å². The molecule has 0 saturated heterocycles. The van der Waals surface area contributed by atoms with Crippen LogP contribution < -0.4 is 5.32 Å². The number of rotatable bonds is 5. The van der Waals surface area contributed by atoms with Gasteiger partial charge in [-0.05, 0) is 32.0 Å². The first-order valence-corrected chi connectivity index (χ1v) is 5.34. The van der Waals surface area contributed by atoms with Crippen molar-refractivity contribution >= 4 is 0 Å². The van der Waals surface area contributed by atoms with Crippen LogP contribution in [-0.4, -0.2) is 6.54 Å². The van der Waals surface area contributed by atoms with Crippen molar-refractivity contribution in [3.63, 3.8) is 0 Å². The maximum atomic E-state index is 13.3. The standard InChI is InChI=1S/C12H17F2N/c1-3-4-8-15-9(2)12-10(13)6-5-7-11(12)14/h5-7,9,15H,3-4,8H2,1-2H3. The summed E-state index contributed by atoms with van der Waals surface area (Å²) < 4.78 is 26.7. The van der Waals surface area contributed by atoms with Crippen molar-refractivity contribution in [2.45, 2.75) is 32.7 Å². The molecule has 0 heterocycles. The molecule has 1 unspecified atom stereocenters. The first kappa shape index (κ1) is 12.1. The second-order valence-corrected chi connectivity index (χ2v) is 3.66. The van der Waals surface area contributed by atoms with E-state index >= 15 is 0 Å². The van der Waals surface area contributed by atoms with Crippen LogP contribution >= 0.6 is 0 Å². The van der Waals surface area contributed by atoms with Gasteiger partial charge in [0.15, 0.2) is 0 Å². The van der Waals surface area contributed by atoms with Crippen LogP contribution in [0.1, 0.15) is 38.3 Å². The molecule has 0 saturated carbocycles. The van der Waals surface area contributed by atoms with Gasteiger partial charge < -0.3 is 5.32 Å². The van der Waals surface area contributed by atoms with E-state index in [2.05, 4.69) is 12.2 Å². The molecular weight excluding hydrogens is 196 g/mol. The van der Waals surface area contributed by atoms with Crippen LogP contribution in [0.15, 0.2) is 18.2 Å². The highest BCUT2D eigenvalue weighted by atomic mass is 19.1. The number of hydrogen-bond donors (Lipinski definition) is 1. The Balaban J connectivity index is 2.68.